The number of likely N-dealkylation sites (N-methyl/N-ethyl adjacent to an activating group) is 1. The molecule has 2 N–H and O–H groups in total. The number of hydrogen-bond donors (Lipinski definition) is 2. The molecule has 3 amide bonds. The minimum Gasteiger partial charge on any atom is -0.496 e. The molecule has 0 radical (unpaired) electrons. The van der Waals surface area contributed by atoms with E-state index in [0.717, 1.165) is 5.56 Å². The fourth-order valence-electron chi connectivity index (χ4n) is 2.24. The van der Waals surface area contributed by atoms with E-state index in [1.54, 1.807) is 49.9 Å². The molecule has 1 aromatic carbocycles. The summed E-state index contributed by atoms with van der Waals surface area (Å²) in [6, 6.07) is 8.58. The van der Waals surface area contributed by atoms with Crippen LogP contribution in [-0.2, 0) is 16.1 Å². The van der Waals surface area contributed by atoms with Gasteiger partial charge in [-0.25, -0.2) is 0 Å². The van der Waals surface area contributed by atoms with Gasteiger partial charge in [-0.3, -0.25) is 14.4 Å². The Hall–Kier alpha value is -2.58. The van der Waals surface area contributed by atoms with E-state index >= 15 is 0 Å². The lowest BCUT2D eigenvalue weighted by atomic mass is 10.2. The molecule has 0 unspecified atom stereocenters. The third-order valence-electron chi connectivity index (χ3n) is 3.67. The first-order valence-electron chi connectivity index (χ1n) is 8.05. The van der Waals surface area contributed by atoms with Gasteiger partial charge in [0.25, 0.3) is 5.91 Å². The quantitative estimate of drug-likeness (QED) is 0.697. The van der Waals surface area contributed by atoms with Crippen molar-refractivity contribution in [2.45, 2.75) is 6.54 Å². The molecule has 0 atom stereocenters. The number of rotatable bonds is 8. The number of nitrogens with zero attached hydrogens (tertiary/aromatic N) is 1. The molecule has 0 saturated heterocycles. The fraction of sp³-hybridized carbons (Fsp3) is 0.278. The number of methoxy groups -OCH3 is 1. The summed E-state index contributed by atoms with van der Waals surface area (Å²) in [5.41, 5.74) is 0.760. The summed E-state index contributed by atoms with van der Waals surface area (Å²) in [4.78, 5) is 37.8. The molecule has 0 aliphatic carbocycles. The van der Waals surface area contributed by atoms with Crippen LogP contribution in [0.25, 0.3) is 0 Å². The fourth-order valence-corrected chi connectivity index (χ4v) is 3.08. The molecule has 7 nitrogen and oxygen atoms in total. The molecule has 144 valence electrons. The van der Waals surface area contributed by atoms with Crippen molar-refractivity contribution in [2.75, 3.05) is 27.2 Å². The molecular weight excluding hydrogens is 390 g/mol. The van der Waals surface area contributed by atoms with Crippen molar-refractivity contribution in [3.05, 3.63) is 51.2 Å². The van der Waals surface area contributed by atoms with Crippen LogP contribution in [0.1, 0.15) is 15.2 Å². The lowest BCUT2D eigenvalue weighted by Crippen LogP contribution is -2.42. The third-order valence-corrected chi connectivity index (χ3v) is 4.77. The summed E-state index contributed by atoms with van der Waals surface area (Å²) in [6.45, 7) is -0.0868. The number of benzene rings is 1. The maximum Gasteiger partial charge on any atom is 0.261 e. The molecule has 0 fully saturated rings. The number of halogens is 1. The summed E-state index contributed by atoms with van der Waals surface area (Å²) >= 11 is 7.27. The van der Waals surface area contributed by atoms with Crippen molar-refractivity contribution in [1.82, 2.24) is 15.5 Å². The van der Waals surface area contributed by atoms with Crippen LogP contribution in [0.15, 0.2) is 35.7 Å². The van der Waals surface area contributed by atoms with E-state index in [2.05, 4.69) is 10.6 Å². The summed E-state index contributed by atoms with van der Waals surface area (Å²) in [5, 5.41) is 7.31. The van der Waals surface area contributed by atoms with Crippen molar-refractivity contribution in [3.8, 4) is 5.75 Å². The van der Waals surface area contributed by atoms with Crippen LogP contribution in [0.5, 0.6) is 5.75 Å². The van der Waals surface area contributed by atoms with E-state index in [0.29, 0.717) is 15.6 Å². The zero-order chi connectivity index (χ0) is 19.8. The van der Waals surface area contributed by atoms with Gasteiger partial charge in [-0.15, -0.1) is 11.3 Å². The summed E-state index contributed by atoms with van der Waals surface area (Å²) < 4.78 is 5.26. The van der Waals surface area contributed by atoms with E-state index < -0.39 is 5.91 Å². The second-order valence-corrected chi connectivity index (χ2v) is 7.03. The van der Waals surface area contributed by atoms with Crippen LogP contribution in [0.2, 0.25) is 5.02 Å². The SMILES string of the molecule is COc1ccc(Cl)cc1CN(C)C(=O)CNC(=O)CNC(=O)c1cccs1. The number of hydrogen-bond acceptors (Lipinski definition) is 5. The molecule has 2 rings (SSSR count). The summed E-state index contributed by atoms with van der Waals surface area (Å²) in [6.07, 6.45) is 0. The number of amides is 3. The molecule has 0 aliphatic rings. The molecule has 0 saturated carbocycles. The molecule has 0 aliphatic heterocycles. The van der Waals surface area contributed by atoms with Gasteiger partial charge >= 0.3 is 0 Å². The number of carbonyl (C=O) groups excluding carboxylic acids is 3. The molecule has 1 heterocycles. The number of nitrogens with one attached hydrogen (secondary N) is 2. The average Bonchev–Trinajstić information content (AvgIpc) is 3.19. The van der Waals surface area contributed by atoms with E-state index in [9.17, 15) is 14.4 Å². The number of thiophene rings is 1. The minimum atomic E-state index is -0.443. The van der Waals surface area contributed by atoms with Crippen molar-refractivity contribution < 1.29 is 19.1 Å². The Labute approximate surface area is 166 Å². The van der Waals surface area contributed by atoms with E-state index in [-0.39, 0.29) is 31.4 Å². The maximum absolute atomic E-state index is 12.2. The normalized spacial score (nSPS) is 10.2. The highest BCUT2D eigenvalue weighted by molar-refractivity contribution is 7.12. The minimum absolute atomic E-state index is 0.174. The van der Waals surface area contributed by atoms with Gasteiger partial charge in [0.2, 0.25) is 11.8 Å². The van der Waals surface area contributed by atoms with Crippen molar-refractivity contribution in [3.63, 3.8) is 0 Å². The van der Waals surface area contributed by atoms with Gasteiger partial charge in [-0.2, -0.15) is 0 Å². The molecule has 2 aromatic rings. The van der Waals surface area contributed by atoms with Crippen molar-refractivity contribution >= 4 is 40.7 Å². The van der Waals surface area contributed by atoms with Crippen LogP contribution in [0.3, 0.4) is 0 Å². The topological polar surface area (TPSA) is 87.7 Å². The first-order valence-corrected chi connectivity index (χ1v) is 9.31. The zero-order valence-electron chi connectivity index (χ0n) is 15.0. The van der Waals surface area contributed by atoms with E-state index in [4.69, 9.17) is 16.3 Å². The second kappa shape index (κ2) is 9.94. The highest BCUT2D eigenvalue weighted by atomic mass is 35.5. The Balaban J connectivity index is 1.78. The Bertz CT molecular complexity index is 811. The van der Waals surface area contributed by atoms with Gasteiger partial charge in [0.05, 0.1) is 25.1 Å². The highest BCUT2D eigenvalue weighted by Crippen LogP contribution is 2.23. The number of ether oxygens (including phenoxy) is 1. The van der Waals surface area contributed by atoms with Gasteiger partial charge in [0.15, 0.2) is 0 Å². The van der Waals surface area contributed by atoms with Crippen LogP contribution >= 0.6 is 22.9 Å². The standard InChI is InChI=1S/C18H20ClN3O4S/c1-22(11-12-8-13(19)5-6-14(12)26-2)17(24)10-20-16(23)9-21-18(25)15-4-3-7-27-15/h3-8H,9-11H2,1-2H3,(H,20,23)(H,21,25). The Kier molecular flexibility index (Phi) is 7.63. The maximum atomic E-state index is 12.2. The van der Waals surface area contributed by atoms with E-state index in [1.165, 1.54) is 16.2 Å². The van der Waals surface area contributed by atoms with Crippen LogP contribution in [0, 0.1) is 0 Å². The van der Waals surface area contributed by atoms with Gasteiger partial charge in [-0.1, -0.05) is 17.7 Å². The summed E-state index contributed by atoms with van der Waals surface area (Å²) in [7, 11) is 3.16. The smallest absolute Gasteiger partial charge is 0.261 e. The molecular formula is C18H20ClN3O4S. The zero-order valence-corrected chi connectivity index (χ0v) is 16.5. The van der Waals surface area contributed by atoms with E-state index in [1.807, 2.05) is 0 Å². The third kappa shape index (κ3) is 6.26. The Morgan fingerprint density at radius 2 is 1.96 bits per heavy atom. The highest BCUT2D eigenvalue weighted by Gasteiger charge is 2.14. The first-order chi connectivity index (χ1) is 12.9. The van der Waals surface area contributed by atoms with Gasteiger partial charge in [0.1, 0.15) is 5.75 Å². The largest absolute Gasteiger partial charge is 0.496 e. The predicted molar refractivity (Wildman–Crippen MR) is 104 cm³/mol. The second-order valence-electron chi connectivity index (χ2n) is 5.64. The molecule has 9 heteroatoms. The molecule has 0 bridgehead atoms. The lowest BCUT2D eigenvalue weighted by Gasteiger charge is -2.19. The van der Waals surface area contributed by atoms with Gasteiger partial charge < -0.3 is 20.3 Å². The molecule has 1 aromatic heterocycles. The Morgan fingerprint density at radius 3 is 2.63 bits per heavy atom. The van der Waals surface area contributed by atoms with Crippen LogP contribution in [0.4, 0.5) is 0 Å². The van der Waals surface area contributed by atoms with Crippen molar-refractivity contribution in [2.24, 2.45) is 0 Å². The Morgan fingerprint density at radius 1 is 1.19 bits per heavy atom. The predicted octanol–water partition coefficient (Wildman–Crippen LogP) is 1.91. The van der Waals surface area contributed by atoms with Gasteiger partial charge in [0, 0.05) is 24.2 Å². The summed E-state index contributed by atoms with van der Waals surface area (Å²) in [5.74, 6) is -0.423. The molecule has 0 spiro atoms. The van der Waals surface area contributed by atoms with Gasteiger partial charge in [-0.05, 0) is 29.6 Å². The number of carbonyl (C=O) groups is 3. The molecule has 27 heavy (non-hydrogen) atoms. The first kappa shape index (κ1) is 20.7. The van der Waals surface area contributed by atoms with Crippen molar-refractivity contribution in [1.29, 1.82) is 0 Å². The monoisotopic (exact) mass is 409 g/mol. The lowest BCUT2D eigenvalue weighted by molar-refractivity contribution is -0.132. The van der Waals surface area contributed by atoms with Crippen LogP contribution < -0.4 is 15.4 Å². The average molecular weight is 410 g/mol. The van der Waals surface area contributed by atoms with Crippen LogP contribution in [-0.4, -0.2) is 49.9 Å².